The molecular weight excluding hydrogens is 186 g/mol. The SMILES string of the molecule is [N-]=[N+]=C1C=CC(c2ccc(N)cc2)=CC1. The minimum atomic E-state index is 0.659. The maximum absolute atomic E-state index is 8.58. The molecule has 2 N–H and O–H groups in total. The first-order valence-corrected chi connectivity index (χ1v) is 4.74. The maximum atomic E-state index is 8.58. The van der Waals surface area contributed by atoms with Crippen molar-refractivity contribution in [1.29, 1.82) is 0 Å². The van der Waals surface area contributed by atoms with Gasteiger partial charge in [-0.25, -0.2) is 0 Å². The third-order valence-corrected chi connectivity index (χ3v) is 2.36. The van der Waals surface area contributed by atoms with E-state index in [-0.39, 0.29) is 0 Å². The molecule has 1 aromatic rings. The van der Waals surface area contributed by atoms with Gasteiger partial charge < -0.3 is 11.3 Å². The van der Waals surface area contributed by atoms with Crippen molar-refractivity contribution >= 4 is 17.0 Å². The normalized spacial score (nSPS) is 14.7. The van der Waals surface area contributed by atoms with Crippen LogP contribution in [-0.4, -0.2) is 10.5 Å². The molecule has 2 rings (SSSR count). The predicted octanol–water partition coefficient (Wildman–Crippen LogP) is 2.28. The molecule has 15 heavy (non-hydrogen) atoms. The lowest BCUT2D eigenvalue weighted by atomic mass is 9.99. The molecule has 0 unspecified atom stereocenters. The Morgan fingerprint density at radius 1 is 1.13 bits per heavy atom. The molecule has 0 bridgehead atoms. The zero-order valence-electron chi connectivity index (χ0n) is 8.22. The Labute approximate surface area is 88.2 Å². The molecule has 1 aliphatic carbocycles. The molecule has 0 spiro atoms. The van der Waals surface area contributed by atoms with Crippen LogP contribution >= 0.6 is 0 Å². The number of hydrogen-bond donors (Lipinski definition) is 1. The number of allylic oxidation sites excluding steroid dienone is 4. The molecule has 0 amide bonds. The van der Waals surface area contributed by atoms with Crippen molar-refractivity contribution in [3.05, 3.63) is 53.6 Å². The summed E-state index contributed by atoms with van der Waals surface area (Å²) in [6.45, 7) is 0. The van der Waals surface area contributed by atoms with Crippen molar-refractivity contribution in [2.45, 2.75) is 6.42 Å². The lowest BCUT2D eigenvalue weighted by Crippen LogP contribution is -1.98. The first kappa shape index (κ1) is 9.44. The summed E-state index contributed by atoms with van der Waals surface area (Å²) in [6.07, 6.45) is 6.43. The molecule has 3 heteroatoms. The smallest absolute Gasteiger partial charge is 0.295 e. The fraction of sp³-hybridized carbons (Fsp3) is 0.0833. The van der Waals surface area contributed by atoms with E-state index in [1.54, 1.807) is 0 Å². The molecule has 1 aliphatic rings. The predicted molar refractivity (Wildman–Crippen MR) is 61.2 cm³/mol. The second kappa shape index (κ2) is 3.95. The average Bonchev–Trinajstić information content (AvgIpc) is 2.30. The van der Waals surface area contributed by atoms with E-state index in [4.69, 9.17) is 11.3 Å². The Morgan fingerprint density at radius 3 is 2.40 bits per heavy atom. The minimum absolute atomic E-state index is 0.659. The number of anilines is 1. The second-order valence-electron chi connectivity index (χ2n) is 3.41. The number of nitrogens with zero attached hydrogens (tertiary/aromatic N) is 2. The van der Waals surface area contributed by atoms with Gasteiger partial charge in [0.15, 0.2) is 0 Å². The quantitative estimate of drug-likeness (QED) is 0.419. The summed E-state index contributed by atoms with van der Waals surface area (Å²) in [7, 11) is 0. The lowest BCUT2D eigenvalue weighted by molar-refractivity contribution is -0.00535. The van der Waals surface area contributed by atoms with Gasteiger partial charge in [0.2, 0.25) is 0 Å². The maximum Gasteiger partial charge on any atom is 0.295 e. The van der Waals surface area contributed by atoms with Crippen LogP contribution in [-0.2, 0) is 0 Å². The van der Waals surface area contributed by atoms with Crippen LogP contribution in [0.5, 0.6) is 0 Å². The van der Waals surface area contributed by atoms with Crippen LogP contribution < -0.4 is 5.73 Å². The van der Waals surface area contributed by atoms with Crippen LogP contribution in [0.1, 0.15) is 12.0 Å². The highest BCUT2D eigenvalue weighted by Crippen LogP contribution is 2.20. The van der Waals surface area contributed by atoms with E-state index >= 15 is 0 Å². The van der Waals surface area contributed by atoms with Gasteiger partial charge in [-0.1, -0.05) is 18.2 Å². The van der Waals surface area contributed by atoms with Crippen molar-refractivity contribution < 1.29 is 4.79 Å². The summed E-state index contributed by atoms with van der Waals surface area (Å²) in [6, 6.07) is 7.71. The number of nitrogen functional groups attached to an aromatic ring is 1. The molecular formula is C12H11N3. The molecule has 0 fully saturated rings. The topological polar surface area (TPSA) is 62.4 Å². The van der Waals surface area contributed by atoms with Crippen molar-refractivity contribution in [2.75, 3.05) is 5.73 Å². The van der Waals surface area contributed by atoms with Gasteiger partial charge in [0.25, 0.3) is 5.71 Å². The fourth-order valence-corrected chi connectivity index (χ4v) is 1.50. The minimum Gasteiger partial charge on any atom is -0.399 e. The van der Waals surface area contributed by atoms with Gasteiger partial charge in [-0.3, -0.25) is 0 Å². The summed E-state index contributed by atoms with van der Waals surface area (Å²) in [5.74, 6) is 0. The summed E-state index contributed by atoms with van der Waals surface area (Å²) < 4.78 is 0. The van der Waals surface area contributed by atoms with Gasteiger partial charge in [-0.2, -0.15) is 4.79 Å². The van der Waals surface area contributed by atoms with E-state index in [1.807, 2.05) is 42.5 Å². The van der Waals surface area contributed by atoms with Crippen molar-refractivity contribution in [1.82, 2.24) is 0 Å². The third-order valence-electron chi connectivity index (χ3n) is 2.36. The summed E-state index contributed by atoms with van der Waals surface area (Å²) in [4.78, 5) is 3.16. The van der Waals surface area contributed by atoms with Gasteiger partial charge in [0, 0.05) is 11.8 Å². The molecule has 0 saturated carbocycles. The third kappa shape index (κ3) is 2.03. The lowest BCUT2D eigenvalue weighted by Gasteiger charge is -2.05. The molecule has 0 aliphatic heterocycles. The van der Waals surface area contributed by atoms with E-state index < -0.39 is 0 Å². The van der Waals surface area contributed by atoms with Crippen LogP contribution in [0.3, 0.4) is 0 Å². The molecule has 0 saturated heterocycles. The number of benzene rings is 1. The van der Waals surface area contributed by atoms with Crippen LogP contribution in [0.15, 0.2) is 42.5 Å². The van der Waals surface area contributed by atoms with Crippen molar-refractivity contribution in [3.63, 3.8) is 0 Å². The first-order chi connectivity index (χ1) is 7.29. The van der Waals surface area contributed by atoms with Gasteiger partial charge in [-0.15, -0.1) is 0 Å². The molecule has 74 valence electrons. The second-order valence-corrected chi connectivity index (χ2v) is 3.41. The summed E-state index contributed by atoms with van der Waals surface area (Å²) in [5, 5.41) is 0. The van der Waals surface area contributed by atoms with Gasteiger partial charge in [0.05, 0.1) is 6.42 Å². The zero-order valence-corrected chi connectivity index (χ0v) is 8.22. The Morgan fingerprint density at radius 2 is 1.87 bits per heavy atom. The number of nitrogens with two attached hydrogens (primary N) is 1. The Bertz CT molecular complexity index is 474. The van der Waals surface area contributed by atoms with Crippen LogP contribution in [0.4, 0.5) is 5.69 Å². The highest BCUT2D eigenvalue weighted by Gasteiger charge is 2.08. The van der Waals surface area contributed by atoms with Crippen molar-refractivity contribution in [2.24, 2.45) is 0 Å². The summed E-state index contributed by atoms with van der Waals surface area (Å²) in [5.41, 5.74) is 17.9. The van der Waals surface area contributed by atoms with E-state index in [9.17, 15) is 0 Å². The molecule has 0 radical (unpaired) electrons. The summed E-state index contributed by atoms with van der Waals surface area (Å²) >= 11 is 0. The Balaban J connectivity index is 2.28. The van der Waals surface area contributed by atoms with E-state index in [1.165, 1.54) is 0 Å². The van der Waals surface area contributed by atoms with Crippen LogP contribution in [0, 0.1) is 0 Å². The van der Waals surface area contributed by atoms with Crippen molar-refractivity contribution in [3.8, 4) is 0 Å². The van der Waals surface area contributed by atoms with Gasteiger partial charge in [-0.05, 0) is 29.3 Å². The van der Waals surface area contributed by atoms with E-state index in [0.29, 0.717) is 12.1 Å². The van der Waals surface area contributed by atoms with E-state index in [0.717, 1.165) is 16.8 Å². The largest absolute Gasteiger partial charge is 0.399 e. The highest BCUT2D eigenvalue weighted by molar-refractivity contribution is 5.98. The Kier molecular flexibility index (Phi) is 2.48. The zero-order chi connectivity index (χ0) is 10.7. The Hall–Kier alpha value is -2.12. The van der Waals surface area contributed by atoms with E-state index in [2.05, 4.69) is 4.79 Å². The highest BCUT2D eigenvalue weighted by atomic mass is 14.8. The van der Waals surface area contributed by atoms with Gasteiger partial charge >= 0.3 is 0 Å². The number of rotatable bonds is 1. The fourth-order valence-electron chi connectivity index (χ4n) is 1.50. The first-order valence-electron chi connectivity index (χ1n) is 4.74. The molecule has 1 aromatic carbocycles. The van der Waals surface area contributed by atoms with Crippen LogP contribution in [0.2, 0.25) is 0 Å². The number of hydrogen-bond acceptors (Lipinski definition) is 1. The molecule has 0 aromatic heterocycles. The molecule has 0 heterocycles. The molecule has 3 nitrogen and oxygen atoms in total. The standard InChI is InChI=1S/C12H11N3/c13-11-5-1-9(2-6-11)10-3-7-12(15-14)8-4-10/h1-7H,8,13H2. The van der Waals surface area contributed by atoms with Crippen LogP contribution in [0.25, 0.3) is 11.1 Å². The average molecular weight is 197 g/mol. The van der Waals surface area contributed by atoms with Gasteiger partial charge in [0.1, 0.15) is 0 Å². The molecule has 0 atom stereocenters. The monoisotopic (exact) mass is 197 g/mol.